The van der Waals surface area contributed by atoms with Gasteiger partial charge in [0.05, 0.1) is 4.90 Å². The van der Waals surface area contributed by atoms with Crippen LogP contribution in [-0.4, -0.2) is 67.3 Å². The Morgan fingerprint density at radius 1 is 0.828 bits per heavy atom. The zero-order valence-corrected chi connectivity index (χ0v) is 17.5. The van der Waals surface area contributed by atoms with Crippen LogP contribution in [-0.2, 0) is 16.6 Å². The van der Waals surface area contributed by atoms with Gasteiger partial charge in [-0.1, -0.05) is 48.5 Å². The van der Waals surface area contributed by atoms with Crippen LogP contribution in [0.15, 0.2) is 65.6 Å². The Labute approximate surface area is 174 Å². The second kappa shape index (κ2) is 7.84. The van der Waals surface area contributed by atoms with E-state index in [4.69, 9.17) is 0 Å². The average Bonchev–Trinajstić information content (AvgIpc) is 3.08. The van der Waals surface area contributed by atoms with Crippen molar-refractivity contribution in [2.75, 3.05) is 32.7 Å². The molecule has 0 saturated carbocycles. The highest BCUT2D eigenvalue weighted by Gasteiger charge is 2.51. The Morgan fingerprint density at radius 3 is 2.17 bits per heavy atom. The first-order valence-corrected chi connectivity index (χ1v) is 12.1. The van der Waals surface area contributed by atoms with Crippen LogP contribution in [0.2, 0.25) is 0 Å². The molecule has 2 atom stereocenters. The van der Waals surface area contributed by atoms with Crippen molar-refractivity contribution in [1.82, 2.24) is 14.1 Å². The summed E-state index contributed by atoms with van der Waals surface area (Å²) in [7, 11) is -3.36. The van der Waals surface area contributed by atoms with Crippen LogP contribution in [0.5, 0.6) is 0 Å². The van der Waals surface area contributed by atoms with E-state index < -0.39 is 10.0 Å². The molecule has 5 nitrogen and oxygen atoms in total. The highest BCUT2D eigenvalue weighted by molar-refractivity contribution is 7.89. The molecule has 2 unspecified atom stereocenters. The molecule has 2 aromatic rings. The van der Waals surface area contributed by atoms with Crippen molar-refractivity contribution in [2.24, 2.45) is 5.92 Å². The molecule has 5 rings (SSSR count). The van der Waals surface area contributed by atoms with Crippen molar-refractivity contribution in [3.8, 4) is 0 Å². The molecular formula is C23H29N3O2S. The minimum atomic E-state index is -3.36. The largest absolute Gasteiger partial charge is 0.299 e. The molecule has 3 saturated heterocycles. The standard InChI is InChI=1S/C23H29N3O2S/c27-29(28,22-9-5-2-6-10-22)25-16-20-17-26(23(20)18-25)21-11-13-24(14-12-21)15-19-7-3-1-4-8-19/h1-10,20-21,23H,11-18H2. The molecule has 0 bridgehead atoms. The summed E-state index contributed by atoms with van der Waals surface area (Å²) >= 11 is 0. The minimum Gasteiger partial charge on any atom is -0.299 e. The smallest absolute Gasteiger partial charge is 0.243 e. The lowest BCUT2D eigenvalue weighted by molar-refractivity contribution is -0.0177. The highest BCUT2D eigenvalue weighted by atomic mass is 32.2. The number of hydrogen-bond donors (Lipinski definition) is 0. The third-order valence-electron chi connectivity index (χ3n) is 6.90. The van der Waals surface area contributed by atoms with Crippen molar-refractivity contribution >= 4 is 10.0 Å². The predicted octanol–water partition coefficient (Wildman–Crippen LogP) is 2.66. The Hall–Kier alpha value is -1.73. The van der Waals surface area contributed by atoms with Gasteiger partial charge in [0.2, 0.25) is 10.0 Å². The van der Waals surface area contributed by atoms with E-state index in [1.807, 2.05) is 6.07 Å². The van der Waals surface area contributed by atoms with Gasteiger partial charge in [0.1, 0.15) is 0 Å². The van der Waals surface area contributed by atoms with Gasteiger partial charge in [-0.3, -0.25) is 9.80 Å². The number of likely N-dealkylation sites (tertiary alicyclic amines) is 2. The molecule has 154 valence electrons. The zero-order chi connectivity index (χ0) is 19.8. The Balaban J connectivity index is 1.16. The van der Waals surface area contributed by atoms with E-state index in [1.165, 1.54) is 18.4 Å². The van der Waals surface area contributed by atoms with Gasteiger partial charge in [-0.25, -0.2) is 8.42 Å². The van der Waals surface area contributed by atoms with Crippen LogP contribution < -0.4 is 0 Å². The van der Waals surface area contributed by atoms with Gasteiger partial charge in [-0.2, -0.15) is 4.31 Å². The molecular weight excluding hydrogens is 382 g/mol. The minimum absolute atomic E-state index is 0.402. The summed E-state index contributed by atoms with van der Waals surface area (Å²) in [5.41, 5.74) is 1.38. The van der Waals surface area contributed by atoms with E-state index in [9.17, 15) is 8.42 Å². The number of piperidine rings is 1. The molecule has 0 aromatic heterocycles. The van der Waals surface area contributed by atoms with E-state index in [0.717, 1.165) is 26.2 Å². The maximum atomic E-state index is 13.0. The molecule has 3 fully saturated rings. The average molecular weight is 412 g/mol. The normalized spacial score (nSPS) is 26.9. The number of fused-ring (bicyclic) bond motifs is 1. The quantitative estimate of drug-likeness (QED) is 0.759. The summed E-state index contributed by atoms with van der Waals surface area (Å²) in [6, 6.07) is 20.6. The van der Waals surface area contributed by atoms with Crippen molar-refractivity contribution in [1.29, 1.82) is 0 Å². The first kappa shape index (κ1) is 19.2. The van der Waals surface area contributed by atoms with Crippen LogP contribution >= 0.6 is 0 Å². The Bertz CT molecular complexity index is 927. The topological polar surface area (TPSA) is 43.9 Å². The van der Waals surface area contributed by atoms with Crippen molar-refractivity contribution in [3.63, 3.8) is 0 Å². The number of sulfonamides is 1. The third kappa shape index (κ3) is 3.75. The van der Waals surface area contributed by atoms with E-state index >= 15 is 0 Å². The SMILES string of the molecule is O=S(=O)(c1ccccc1)N1CC2CN(C3CCN(Cc4ccccc4)CC3)C2C1. The summed E-state index contributed by atoms with van der Waals surface area (Å²) < 4.78 is 27.6. The number of benzene rings is 2. The van der Waals surface area contributed by atoms with Gasteiger partial charge >= 0.3 is 0 Å². The fourth-order valence-corrected chi connectivity index (χ4v) is 6.78. The van der Waals surface area contributed by atoms with Crippen molar-refractivity contribution in [3.05, 3.63) is 66.2 Å². The fourth-order valence-electron chi connectivity index (χ4n) is 5.25. The maximum absolute atomic E-state index is 13.0. The molecule has 3 aliphatic rings. The lowest BCUT2D eigenvalue weighted by Gasteiger charge is -2.50. The number of rotatable bonds is 5. The molecule has 0 spiro atoms. The van der Waals surface area contributed by atoms with E-state index in [-0.39, 0.29) is 0 Å². The fraction of sp³-hybridized carbons (Fsp3) is 0.478. The van der Waals surface area contributed by atoms with Gasteiger partial charge in [0.25, 0.3) is 0 Å². The number of nitrogens with zero attached hydrogens (tertiary/aromatic N) is 3. The van der Waals surface area contributed by atoms with Gasteiger partial charge in [-0.15, -0.1) is 0 Å². The molecule has 0 N–H and O–H groups in total. The van der Waals surface area contributed by atoms with Gasteiger partial charge in [-0.05, 0) is 43.6 Å². The predicted molar refractivity (Wildman–Crippen MR) is 114 cm³/mol. The highest BCUT2D eigenvalue weighted by Crippen LogP contribution is 2.38. The van der Waals surface area contributed by atoms with E-state index in [1.54, 1.807) is 28.6 Å². The van der Waals surface area contributed by atoms with Crippen LogP contribution in [0.4, 0.5) is 0 Å². The van der Waals surface area contributed by atoms with E-state index in [0.29, 0.717) is 36.0 Å². The van der Waals surface area contributed by atoms with Crippen molar-refractivity contribution in [2.45, 2.75) is 36.4 Å². The summed E-state index contributed by atoms with van der Waals surface area (Å²) in [6.45, 7) is 5.65. The first-order valence-electron chi connectivity index (χ1n) is 10.7. The summed E-state index contributed by atoms with van der Waals surface area (Å²) in [4.78, 5) is 5.55. The molecule has 6 heteroatoms. The summed E-state index contributed by atoms with van der Waals surface area (Å²) in [5, 5.41) is 0. The molecule has 29 heavy (non-hydrogen) atoms. The summed E-state index contributed by atoms with van der Waals surface area (Å²) in [5.74, 6) is 0.496. The van der Waals surface area contributed by atoms with Gasteiger partial charge in [0, 0.05) is 44.2 Å². The second-order valence-electron chi connectivity index (χ2n) is 8.65. The van der Waals surface area contributed by atoms with E-state index in [2.05, 4.69) is 40.1 Å². The molecule has 3 heterocycles. The molecule has 0 aliphatic carbocycles. The lowest BCUT2D eigenvalue weighted by Crippen LogP contribution is -2.61. The molecule has 3 aliphatic heterocycles. The Morgan fingerprint density at radius 2 is 1.48 bits per heavy atom. The molecule has 0 amide bonds. The third-order valence-corrected chi connectivity index (χ3v) is 8.75. The molecule has 2 aromatic carbocycles. The van der Waals surface area contributed by atoms with Gasteiger partial charge in [0.15, 0.2) is 0 Å². The number of hydrogen-bond acceptors (Lipinski definition) is 4. The van der Waals surface area contributed by atoms with Crippen LogP contribution in [0.25, 0.3) is 0 Å². The zero-order valence-electron chi connectivity index (χ0n) is 16.7. The first-order chi connectivity index (χ1) is 14.1. The second-order valence-corrected chi connectivity index (χ2v) is 10.6. The maximum Gasteiger partial charge on any atom is 0.243 e. The van der Waals surface area contributed by atoms with Crippen LogP contribution in [0, 0.1) is 5.92 Å². The Kier molecular flexibility index (Phi) is 5.20. The van der Waals surface area contributed by atoms with Crippen LogP contribution in [0.1, 0.15) is 18.4 Å². The van der Waals surface area contributed by atoms with Crippen LogP contribution in [0.3, 0.4) is 0 Å². The monoisotopic (exact) mass is 411 g/mol. The lowest BCUT2D eigenvalue weighted by atomic mass is 9.87. The summed E-state index contributed by atoms with van der Waals surface area (Å²) in [6.07, 6.45) is 2.36. The van der Waals surface area contributed by atoms with Gasteiger partial charge < -0.3 is 0 Å². The van der Waals surface area contributed by atoms with Crippen molar-refractivity contribution < 1.29 is 8.42 Å². The molecule has 0 radical (unpaired) electrons.